The van der Waals surface area contributed by atoms with E-state index in [2.05, 4.69) is 5.32 Å². The van der Waals surface area contributed by atoms with Gasteiger partial charge in [-0.3, -0.25) is 9.59 Å². The molecular weight excluding hydrogens is 391 g/mol. The number of hydrogen-bond donors (Lipinski definition) is 3. The lowest BCUT2D eigenvalue weighted by atomic mass is 9.80. The highest BCUT2D eigenvalue weighted by Gasteiger charge is 2.32. The van der Waals surface area contributed by atoms with Gasteiger partial charge >= 0.3 is 7.12 Å². The minimum atomic E-state index is -1.54. The molecule has 0 heterocycles. The lowest BCUT2D eigenvalue weighted by molar-refractivity contribution is -0.141. The summed E-state index contributed by atoms with van der Waals surface area (Å²) >= 11 is 0. The number of carbonyl (C=O) groups is 2. The molecule has 3 rings (SSSR count). The second kappa shape index (κ2) is 11.1. The van der Waals surface area contributed by atoms with Crippen LogP contribution in [0.2, 0.25) is 0 Å². The highest BCUT2D eigenvalue weighted by molar-refractivity contribution is 6.58. The molecule has 1 atom stereocenters. The van der Waals surface area contributed by atoms with Crippen LogP contribution in [0.1, 0.15) is 62.6 Å². The van der Waals surface area contributed by atoms with Gasteiger partial charge in [0, 0.05) is 19.0 Å². The second-order valence-corrected chi connectivity index (χ2v) is 8.15. The number of hydrogen-bond acceptors (Lipinski definition) is 4. The van der Waals surface area contributed by atoms with Crippen molar-refractivity contribution in [3.8, 4) is 0 Å². The Morgan fingerprint density at radius 1 is 1.03 bits per heavy atom. The lowest BCUT2D eigenvalue weighted by Gasteiger charge is -2.33. The third-order valence-corrected chi connectivity index (χ3v) is 5.88. The number of nitrogens with zero attached hydrogens (tertiary/aromatic N) is 1. The van der Waals surface area contributed by atoms with Crippen molar-refractivity contribution in [3.05, 3.63) is 65.7 Å². The molecule has 1 aliphatic carbocycles. The Balaban J connectivity index is 1.89. The molecule has 31 heavy (non-hydrogen) atoms. The van der Waals surface area contributed by atoms with Crippen LogP contribution >= 0.6 is 0 Å². The summed E-state index contributed by atoms with van der Waals surface area (Å²) in [5.74, 6) is -0.263. The van der Waals surface area contributed by atoms with Gasteiger partial charge in [-0.2, -0.15) is 0 Å². The van der Waals surface area contributed by atoms with Gasteiger partial charge in [-0.15, -0.1) is 0 Å². The van der Waals surface area contributed by atoms with E-state index in [-0.39, 0.29) is 30.8 Å². The van der Waals surface area contributed by atoms with E-state index in [1.54, 1.807) is 36.1 Å². The average molecular weight is 422 g/mol. The molecule has 0 radical (unpaired) electrons. The van der Waals surface area contributed by atoms with E-state index in [0.717, 1.165) is 36.8 Å². The van der Waals surface area contributed by atoms with E-state index in [4.69, 9.17) is 0 Å². The standard InChI is InChI=1S/C24H31BN2O4/c1-2-22(28)27(17-18-13-15-20(16-14-18)25(30)31)23(19-9-5-3-6-10-19)24(29)26-21-11-7-4-8-12-21/h3,5-6,9-10,13-16,21,23,30-31H,2,4,7-8,11-12,17H2,1H3,(H,26,29). The van der Waals surface area contributed by atoms with Crippen LogP contribution in [0.15, 0.2) is 54.6 Å². The highest BCUT2D eigenvalue weighted by Crippen LogP contribution is 2.26. The van der Waals surface area contributed by atoms with E-state index in [1.807, 2.05) is 30.3 Å². The Kier molecular flexibility index (Phi) is 8.26. The number of amides is 2. The quantitative estimate of drug-likeness (QED) is 0.570. The predicted molar refractivity (Wildman–Crippen MR) is 121 cm³/mol. The van der Waals surface area contributed by atoms with Gasteiger partial charge in [-0.05, 0) is 29.4 Å². The third-order valence-electron chi connectivity index (χ3n) is 5.88. The second-order valence-electron chi connectivity index (χ2n) is 8.15. The zero-order valence-electron chi connectivity index (χ0n) is 18.0. The number of nitrogens with one attached hydrogen (secondary N) is 1. The van der Waals surface area contributed by atoms with Crippen molar-refractivity contribution in [2.75, 3.05) is 0 Å². The fourth-order valence-electron chi connectivity index (χ4n) is 4.15. The zero-order valence-corrected chi connectivity index (χ0v) is 18.0. The van der Waals surface area contributed by atoms with Crippen molar-refractivity contribution in [2.24, 2.45) is 0 Å². The zero-order chi connectivity index (χ0) is 22.2. The van der Waals surface area contributed by atoms with Gasteiger partial charge in [0.1, 0.15) is 6.04 Å². The average Bonchev–Trinajstić information content (AvgIpc) is 2.80. The van der Waals surface area contributed by atoms with Crippen LogP contribution in [-0.2, 0) is 16.1 Å². The summed E-state index contributed by atoms with van der Waals surface area (Å²) in [6.07, 6.45) is 5.66. The molecule has 7 heteroatoms. The van der Waals surface area contributed by atoms with Crippen LogP contribution in [0, 0.1) is 0 Å². The van der Waals surface area contributed by atoms with Gasteiger partial charge in [-0.1, -0.05) is 80.8 Å². The Labute approximate surface area is 184 Å². The molecule has 1 fully saturated rings. The summed E-state index contributed by atoms with van der Waals surface area (Å²) in [6, 6.07) is 15.6. The first kappa shape index (κ1) is 23.0. The predicted octanol–water partition coefficient (Wildman–Crippen LogP) is 2.30. The van der Waals surface area contributed by atoms with Gasteiger partial charge in [-0.25, -0.2) is 0 Å². The summed E-state index contributed by atoms with van der Waals surface area (Å²) in [6.45, 7) is 2.05. The highest BCUT2D eigenvalue weighted by atomic mass is 16.4. The van der Waals surface area contributed by atoms with Crippen LogP contribution in [-0.4, -0.2) is 39.9 Å². The monoisotopic (exact) mass is 422 g/mol. The maximum Gasteiger partial charge on any atom is 0.488 e. The molecule has 164 valence electrons. The summed E-state index contributed by atoms with van der Waals surface area (Å²) in [5.41, 5.74) is 1.98. The molecule has 2 aromatic carbocycles. The largest absolute Gasteiger partial charge is 0.488 e. The summed E-state index contributed by atoms with van der Waals surface area (Å²) in [4.78, 5) is 28.0. The molecule has 6 nitrogen and oxygen atoms in total. The molecule has 0 aliphatic heterocycles. The molecule has 1 unspecified atom stereocenters. The molecule has 2 amide bonds. The molecule has 0 bridgehead atoms. The Bertz CT molecular complexity index is 852. The maximum absolute atomic E-state index is 13.4. The van der Waals surface area contributed by atoms with Gasteiger partial charge in [0.2, 0.25) is 11.8 Å². The van der Waals surface area contributed by atoms with Gasteiger partial charge in [0.05, 0.1) is 0 Å². The molecule has 3 N–H and O–H groups in total. The Hall–Kier alpha value is -2.64. The summed E-state index contributed by atoms with van der Waals surface area (Å²) < 4.78 is 0. The fraction of sp³-hybridized carbons (Fsp3) is 0.417. The number of carbonyl (C=O) groups excluding carboxylic acids is 2. The van der Waals surface area contributed by atoms with Crippen molar-refractivity contribution in [3.63, 3.8) is 0 Å². The first-order valence-electron chi connectivity index (χ1n) is 11.1. The molecule has 0 spiro atoms. The van der Waals surface area contributed by atoms with E-state index in [0.29, 0.717) is 5.46 Å². The molecule has 1 saturated carbocycles. The van der Waals surface area contributed by atoms with Crippen LogP contribution < -0.4 is 10.8 Å². The maximum atomic E-state index is 13.4. The lowest BCUT2D eigenvalue weighted by Crippen LogP contribution is -2.46. The Morgan fingerprint density at radius 3 is 2.26 bits per heavy atom. The first-order chi connectivity index (χ1) is 15.0. The van der Waals surface area contributed by atoms with Crippen molar-refractivity contribution >= 4 is 24.4 Å². The molecule has 0 saturated heterocycles. The van der Waals surface area contributed by atoms with E-state index < -0.39 is 13.2 Å². The van der Waals surface area contributed by atoms with Crippen LogP contribution in [0.4, 0.5) is 0 Å². The SMILES string of the molecule is CCC(=O)N(Cc1ccc(B(O)O)cc1)C(C(=O)NC1CCCCC1)c1ccccc1. The van der Waals surface area contributed by atoms with Gasteiger partial charge in [0.25, 0.3) is 0 Å². The fourth-order valence-corrected chi connectivity index (χ4v) is 4.15. The molecular formula is C24H31BN2O4. The summed E-state index contributed by atoms with van der Waals surface area (Å²) in [5, 5.41) is 21.8. The topological polar surface area (TPSA) is 89.9 Å². The van der Waals surface area contributed by atoms with Gasteiger partial charge < -0.3 is 20.3 Å². The van der Waals surface area contributed by atoms with Crippen LogP contribution in [0.3, 0.4) is 0 Å². The first-order valence-corrected chi connectivity index (χ1v) is 11.1. The van der Waals surface area contributed by atoms with Crippen LogP contribution in [0.5, 0.6) is 0 Å². The van der Waals surface area contributed by atoms with Gasteiger partial charge in [0.15, 0.2) is 0 Å². The molecule has 1 aliphatic rings. The smallest absolute Gasteiger partial charge is 0.423 e. The van der Waals surface area contributed by atoms with E-state index in [9.17, 15) is 19.6 Å². The molecule has 2 aromatic rings. The minimum Gasteiger partial charge on any atom is -0.423 e. The number of rotatable bonds is 8. The van der Waals surface area contributed by atoms with Crippen molar-refractivity contribution in [2.45, 2.75) is 64.1 Å². The minimum absolute atomic E-state index is 0.112. The third kappa shape index (κ3) is 6.18. The van der Waals surface area contributed by atoms with Crippen LogP contribution in [0.25, 0.3) is 0 Å². The number of benzene rings is 2. The summed E-state index contributed by atoms with van der Waals surface area (Å²) in [7, 11) is -1.54. The Morgan fingerprint density at radius 2 is 1.68 bits per heavy atom. The normalized spacial score (nSPS) is 15.2. The van der Waals surface area contributed by atoms with Crippen molar-refractivity contribution in [1.82, 2.24) is 10.2 Å². The van der Waals surface area contributed by atoms with Crippen molar-refractivity contribution < 1.29 is 19.6 Å². The molecule has 0 aromatic heterocycles. The van der Waals surface area contributed by atoms with Crippen molar-refractivity contribution in [1.29, 1.82) is 0 Å². The van der Waals surface area contributed by atoms with E-state index >= 15 is 0 Å². The van der Waals surface area contributed by atoms with E-state index in [1.165, 1.54) is 6.42 Å².